The lowest BCUT2D eigenvalue weighted by molar-refractivity contribution is 0.589. The van der Waals surface area contributed by atoms with Crippen molar-refractivity contribution in [1.29, 1.82) is 0 Å². The van der Waals surface area contributed by atoms with Gasteiger partial charge < -0.3 is 0 Å². The lowest BCUT2D eigenvalue weighted by Crippen LogP contribution is -2.31. The molecule has 8 nitrogen and oxygen atoms in total. The summed E-state index contributed by atoms with van der Waals surface area (Å²) in [5, 5.41) is 3.28. The first-order valence-electron chi connectivity index (χ1n) is 9.04. The third-order valence-electron chi connectivity index (χ3n) is 4.49. The van der Waals surface area contributed by atoms with E-state index >= 15 is 0 Å². The number of anilines is 1. The molecule has 0 amide bonds. The number of benzene rings is 2. The first-order chi connectivity index (χ1) is 14.2. The predicted molar refractivity (Wildman–Crippen MR) is 114 cm³/mol. The normalized spacial score (nSPS) is 11.7. The second-order valence-corrected chi connectivity index (χ2v) is 9.14. The van der Waals surface area contributed by atoms with Gasteiger partial charge in [-0.1, -0.05) is 23.7 Å². The Labute approximate surface area is 177 Å². The molecule has 0 saturated carbocycles. The number of nitrogens with zero attached hydrogens (tertiary/aromatic N) is 4. The molecule has 0 atom stereocenters. The van der Waals surface area contributed by atoms with E-state index in [1.807, 2.05) is 13.0 Å². The lowest BCUT2D eigenvalue weighted by atomic mass is 10.2. The number of rotatable bonds is 5. The number of hydrogen-bond donors (Lipinski definition) is 1. The summed E-state index contributed by atoms with van der Waals surface area (Å²) >= 11 is 5.92. The Hall–Kier alpha value is -3.17. The minimum absolute atomic E-state index is 0.0932. The Kier molecular flexibility index (Phi) is 5.08. The number of nitrogens with one attached hydrogen (secondary N) is 1. The fourth-order valence-corrected chi connectivity index (χ4v) is 4.62. The van der Waals surface area contributed by atoms with Crippen molar-refractivity contribution in [2.75, 3.05) is 4.31 Å². The molecule has 0 spiro atoms. The molecule has 154 valence electrons. The summed E-state index contributed by atoms with van der Waals surface area (Å²) in [5.41, 5.74) is 1.59. The molecular formula is C20H18ClN5O3S. The average molecular weight is 444 g/mol. The number of sulfonamides is 1. The monoisotopic (exact) mass is 443 g/mol. The maximum Gasteiger partial charge on any atom is 0.274 e. The lowest BCUT2D eigenvalue weighted by Gasteiger charge is -2.24. The second-order valence-electron chi connectivity index (χ2n) is 6.85. The van der Waals surface area contributed by atoms with Crippen molar-refractivity contribution < 1.29 is 8.42 Å². The van der Waals surface area contributed by atoms with Crippen LogP contribution in [0.15, 0.2) is 64.3 Å². The van der Waals surface area contributed by atoms with Gasteiger partial charge in [-0.25, -0.2) is 13.4 Å². The van der Waals surface area contributed by atoms with Crippen LogP contribution in [-0.4, -0.2) is 28.0 Å². The highest BCUT2D eigenvalue weighted by Crippen LogP contribution is 2.27. The van der Waals surface area contributed by atoms with E-state index in [0.29, 0.717) is 16.4 Å². The van der Waals surface area contributed by atoms with Gasteiger partial charge in [-0.3, -0.25) is 14.2 Å². The predicted octanol–water partition coefficient (Wildman–Crippen LogP) is 3.08. The highest BCUT2D eigenvalue weighted by atomic mass is 35.5. The SMILES string of the molecule is Cc1cccc(N(Cc2nc3nc(C)cc(=O)n3[nH]2)S(=O)(=O)c2ccc(Cl)cc2)c1. The molecule has 0 saturated heterocycles. The zero-order chi connectivity index (χ0) is 21.5. The highest BCUT2D eigenvalue weighted by molar-refractivity contribution is 7.92. The quantitative estimate of drug-likeness (QED) is 0.510. The molecule has 2 aromatic heterocycles. The summed E-state index contributed by atoms with van der Waals surface area (Å²) in [5.74, 6) is 0.465. The van der Waals surface area contributed by atoms with Crippen molar-refractivity contribution in [3.8, 4) is 0 Å². The minimum Gasteiger partial charge on any atom is -0.273 e. The third-order valence-corrected chi connectivity index (χ3v) is 6.53. The summed E-state index contributed by atoms with van der Waals surface area (Å²) in [6.45, 7) is 3.46. The van der Waals surface area contributed by atoms with Crippen molar-refractivity contribution in [1.82, 2.24) is 19.6 Å². The Balaban J connectivity index is 1.83. The fraction of sp³-hybridized carbons (Fsp3) is 0.150. The van der Waals surface area contributed by atoms with E-state index in [-0.39, 0.29) is 28.6 Å². The first-order valence-corrected chi connectivity index (χ1v) is 10.9. The molecule has 1 N–H and O–H groups in total. The molecule has 0 aliphatic carbocycles. The van der Waals surface area contributed by atoms with E-state index in [2.05, 4.69) is 15.1 Å². The molecule has 0 aliphatic heterocycles. The molecule has 0 fully saturated rings. The van der Waals surface area contributed by atoms with Crippen LogP contribution in [-0.2, 0) is 16.6 Å². The van der Waals surface area contributed by atoms with Gasteiger partial charge in [-0.2, -0.15) is 9.50 Å². The van der Waals surface area contributed by atoms with E-state index in [0.717, 1.165) is 5.56 Å². The maximum absolute atomic E-state index is 13.5. The van der Waals surface area contributed by atoms with Gasteiger partial charge in [0.15, 0.2) is 0 Å². The number of aryl methyl sites for hydroxylation is 2. The van der Waals surface area contributed by atoms with Crippen molar-refractivity contribution in [2.24, 2.45) is 0 Å². The molecule has 4 aromatic rings. The number of hydrogen-bond acceptors (Lipinski definition) is 5. The van der Waals surface area contributed by atoms with Crippen LogP contribution in [0.1, 0.15) is 17.1 Å². The van der Waals surface area contributed by atoms with Gasteiger partial charge in [0.1, 0.15) is 5.82 Å². The molecule has 10 heteroatoms. The summed E-state index contributed by atoms with van der Waals surface area (Å²) in [7, 11) is -3.93. The molecule has 2 heterocycles. The zero-order valence-electron chi connectivity index (χ0n) is 16.2. The van der Waals surface area contributed by atoms with Gasteiger partial charge in [-0.15, -0.1) is 0 Å². The van der Waals surface area contributed by atoms with Crippen molar-refractivity contribution in [3.05, 3.63) is 87.1 Å². The minimum atomic E-state index is -3.93. The van der Waals surface area contributed by atoms with Gasteiger partial charge in [0.25, 0.3) is 21.4 Å². The van der Waals surface area contributed by atoms with E-state index in [1.165, 1.54) is 39.2 Å². The van der Waals surface area contributed by atoms with E-state index in [1.54, 1.807) is 25.1 Å². The molecule has 0 aliphatic rings. The van der Waals surface area contributed by atoms with E-state index in [4.69, 9.17) is 11.6 Å². The first kappa shape index (κ1) is 20.1. The smallest absolute Gasteiger partial charge is 0.273 e. The molecule has 0 bridgehead atoms. The number of aromatic amines is 1. The van der Waals surface area contributed by atoms with Gasteiger partial charge >= 0.3 is 0 Å². The molecular weight excluding hydrogens is 426 g/mol. The molecule has 30 heavy (non-hydrogen) atoms. The van der Waals surface area contributed by atoms with E-state index in [9.17, 15) is 13.2 Å². The van der Waals surface area contributed by atoms with Crippen molar-refractivity contribution in [2.45, 2.75) is 25.3 Å². The molecule has 0 radical (unpaired) electrons. The number of H-pyrrole nitrogens is 1. The standard InChI is InChI=1S/C20H18ClN5O3S/c1-13-4-3-5-16(10-13)25(30(28,29)17-8-6-15(21)7-9-17)12-18-23-20-22-14(2)11-19(27)26(20)24-18/h3-11H,12H2,1-2H3,(H,22,23,24). The third kappa shape index (κ3) is 3.81. The maximum atomic E-state index is 13.5. The summed E-state index contributed by atoms with van der Waals surface area (Å²) in [4.78, 5) is 20.8. The topological polar surface area (TPSA) is 100 Å². The van der Waals surface area contributed by atoms with Crippen LogP contribution in [0.4, 0.5) is 5.69 Å². The number of halogens is 1. The molecule has 0 unspecified atom stereocenters. The van der Waals surface area contributed by atoms with Gasteiger partial charge in [0.05, 0.1) is 17.1 Å². The zero-order valence-corrected chi connectivity index (χ0v) is 17.8. The molecule has 2 aromatic carbocycles. The van der Waals surface area contributed by atoms with Crippen LogP contribution >= 0.6 is 11.6 Å². The van der Waals surface area contributed by atoms with E-state index < -0.39 is 10.0 Å². The van der Waals surface area contributed by atoms with Crippen molar-refractivity contribution >= 4 is 33.1 Å². The van der Waals surface area contributed by atoms with Crippen molar-refractivity contribution in [3.63, 3.8) is 0 Å². The van der Waals surface area contributed by atoms with Gasteiger partial charge in [0, 0.05) is 16.8 Å². The molecule has 4 rings (SSSR count). The average Bonchev–Trinajstić information content (AvgIpc) is 3.09. The second kappa shape index (κ2) is 7.58. The van der Waals surface area contributed by atoms with Crippen LogP contribution < -0.4 is 9.86 Å². The summed E-state index contributed by atoms with van der Waals surface area (Å²) in [6.07, 6.45) is 0. The summed E-state index contributed by atoms with van der Waals surface area (Å²) < 4.78 is 29.3. The largest absolute Gasteiger partial charge is 0.274 e. The Morgan fingerprint density at radius 3 is 2.50 bits per heavy atom. The Bertz CT molecular complexity index is 1390. The summed E-state index contributed by atoms with van der Waals surface area (Å²) in [6, 6.07) is 14.5. The highest BCUT2D eigenvalue weighted by Gasteiger charge is 2.26. The van der Waals surface area contributed by atoms with Crippen LogP contribution in [0.5, 0.6) is 0 Å². The Morgan fingerprint density at radius 1 is 1.07 bits per heavy atom. The van der Waals surface area contributed by atoms with Crippen LogP contribution in [0.25, 0.3) is 5.78 Å². The number of fused-ring (bicyclic) bond motifs is 1. The Morgan fingerprint density at radius 2 is 1.80 bits per heavy atom. The van der Waals surface area contributed by atoms with Crippen LogP contribution in [0.3, 0.4) is 0 Å². The van der Waals surface area contributed by atoms with Crippen LogP contribution in [0, 0.1) is 13.8 Å². The number of aromatic nitrogens is 4. The fourth-order valence-electron chi connectivity index (χ4n) is 3.08. The van der Waals surface area contributed by atoms with Crippen LogP contribution in [0.2, 0.25) is 5.02 Å². The van der Waals surface area contributed by atoms with Gasteiger partial charge in [0.2, 0.25) is 0 Å². The van der Waals surface area contributed by atoms with Gasteiger partial charge in [-0.05, 0) is 55.8 Å².